The number of aliphatic hydroxyl groups excluding tert-OH is 1. The minimum absolute atomic E-state index is 0.0501. The minimum atomic E-state index is -1.12. The molecule has 2 aromatic rings. The van der Waals surface area contributed by atoms with E-state index in [-0.39, 0.29) is 30.1 Å². The van der Waals surface area contributed by atoms with Crippen molar-refractivity contribution in [3.8, 4) is 5.75 Å². The number of aliphatic hydroxyl groups is 1. The number of likely N-dealkylation sites (tertiary alicyclic amines) is 1. The highest BCUT2D eigenvalue weighted by molar-refractivity contribution is 6.34. The van der Waals surface area contributed by atoms with Gasteiger partial charge in [0.15, 0.2) is 0 Å². The van der Waals surface area contributed by atoms with Gasteiger partial charge in [0.1, 0.15) is 18.5 Å². The quantitative estimate of drug-likeness (QED) is 0.515. The number of halogens is 2. The zero-order chi connectivity index (χ0) is 25.4. The average Bonchev–Trinajstić information content (AvgIpc) is 2.87. The summed E-state index contributed by atoms with van der Waals surface area (Å²) in [4.78, 5) is 28.2. The van der Waals surface area contributed by atoms with Crippen LogP contribution in [0.2, 0.25) is 5.02 Å². The van der Waals surface area contributed by atoms with Crippen LogP contribution in [0.25, 0.3) is 0 Å². The van der Waals surface area contributed by atoms with Crippen molar-refractivity contribution in [1.29, 1.82) is 0 Å². The third kappa shape index (κ3) is 7.42. The molecule has 0 bridgehead atoms. The Balaban J connectivity index is 1.40. The van der Waals surface area contributed by atoms with E-state index in [0.717, 1.165) is 24.8 Å². The summed E-state index contributed by atoms with van der Waals surface area (Å²) in [6.07, 6.45) is 1.64. The molecule has 1 fully saturated rings. The molecule has 1 N–H and O–H groups in total. The van der Waals surface area contributed by atoms with Gasteiger partial charge in [-0.1, -0.05) is 41.9 Å². The number of benzene rings is 2. The zero-order valence-electron chi connectivity index (χ0n) is 20.3. The van der Waals surface area contributed by atoms with Crippen LogP contribution in [0.4, 0.5) is 4.39 Å². The van der Waals surface area contributed by atoms with E-state index in [4.69, 9.17) is 16.3 Å². The molecular formula is C27H34ClFN2O4. The van der Waals surface area contributed by atoms with Gasteiger partial charge in [0.2, 0.25) is 5.91 Å². The Morgan fingerprint density at radius 1 is 1.17 bits per heavy atom. The largest absolute Gasteiger partial charge is 0.491 e. The van der Waals surface area contributed by atoms with Crippen LogP contribution in [-0.4, -0.2) is 73.3 Å². The maximum Gasteiger partial charge on any atom is 0.254 e. The molecule has 2 atom stereocenters. The fourth-order valence-electron chi connectivity index (χ4n) is 4.36. The van der Waals surface area contributed by atoms with Crippen LogP contribution in [0, 0.1) is 5.92 Å². The Hall–Kier alpha value is -2.64. The molecule has 6 nitrogen and oxygen atoms in total. The standard InChI is InChI=1S/C27H34ClFN2O4/c1-30(2)26(33)23-11-10-22(16-25(23)28)35-18-21(29)9-8-19-12-14-31(15-13-19)27(34)24(17-32)20-6-4-3-5-7-20/h3-7,10-11,16,19,21,24,32H,8-9,12-15,17-18H2,1-2H3. The molecule has 2 aromatic carbocycles. The van der Waals surface area contributed by atoms with Crippen molar-refractivity contribution >= 4 is 23.4 Å². The first-order chi connectivity index (χ1) is 16.8. The highest BCUT2D eigenvalue weighted by atomic mass is 35.5. The molecule has 190 valence electrons. The first-order valence-electron chi connectivity index (χ1n) is 12.0. The van der Waals surface area contributed by atoms with Crippen molar-refractivity contribution in [1.82, 2.24) is 9.80 Å². The molecule has 1 heterocycles. The summed E-state index contributed by atoms with van der Waals surface area (Å²) in [7, 11) is 3.30. The van der Waals surface area contributed by atoms with Crippen molar-refractivity contribution in [2.24, 2.45) is 5.92 Å². The molecule has 1 aliphatic heterocycles. The van der Waals surface area contributed by atoms with Gasteiger partial charge in [-0.25, -0.2) is 4.39 Å². The molecule has 8 heteroatoms. The molecule has 0 saturated carbocycles. The van der Waals surface area contributed by atoms with E-state index in [0.29, 0.717) is 36.7 Å². The number of alkyl halides is 1. The molecule has 1 saturated heterocycles. The van der Waals surface area contributed by atoms with E-state index in [1.165, 1.54) is 11.0 Å². The highest BCUT2D eigenvalue weighted by Crippen LogP contribution is 2.27. The Morgan fingerprint density at radius 2 is 1.86 bits per heavy atom. The second kappa shape index (κ2) is 12.9. The van der Waals surface area contributed by atoms with Crippen LogP contribution >= 0.6 is 11.6 Å². The normalized spacial score (nSPS) is 16.0. The van der Waals surface area contributed by atoms with E-state index in [1.54, 1.807) is 26.2 Å². The summed E-state index contributed by atoms with van der Waals surface area (Å²) in [5.74, 6) is -0.0109. The van der Waals surface area contributed by atoms with Gasteiger partial charge in [0.05, 0.1) is 23.1 Å². The lowest BCUT2D eigenvalue weighted by molar-refractivity contribution is -0.135. The van der Waals surface area contributed by atoms with Crippen molar-refractivity contribution in [3.05, 3.63) is 64.7 Å². The SMILES string of the molecule is CN(C)C(=O)c1ccc(OCC(F)CCC2CCN(C(=O)C(CO)c3ccccc3)CC2)cc1Cl. The maximum absolute atomic E-state index is 14.5. The van der Waals surface area contributed by atoms with Crippen molar-refractivity contribution in [3.63, 3.8) is 0 Å². The third-order valence-corrected chi connectivity index (χ3v) is 6.82. The van der Waals surface area contributed by atoms with Crippen LogP contribution in [0.5, 0.6) is 5.75 Å². The predicted octanol–water partition coefficient (Wildman–Crippen LogP) is 4.55. The number of hydrogen-bond donors (Lipinski definition) is 1. The number of ether oxygens (including phenoxy) is 1. The van der Waals surface area contributed by atoms with Gasteiger partial charge in [0.25, 0.3) is 5.91 Å². The summed E-state index contributed by atoms with van der Waals surface area (Å²) in [5.41, 5.74) is 1.20. The van der Waals surface area contributed by atoms with Gasteiger partial charge < -0.3 is 19.6 Å². The molecular weight excluding hydrogens is 471 g/mol. The van der Waals surface area contributed by atoms with E-state index in [2.05, 4.69) is 0 Å². The average molecular weight is 505 g/mol. The zero-order valence-corrected chi connectivity index (χ0v) is 21.1. The van der Waals surface area contributed by atoms with Gasteiger partial charge in [-0.15, -0.1) is 0 Å². The topological polar surface area (TPSA) is 70.1 Å². The molecule has 0 aliphatic carbocycles. The second-order valence-corrected chi connectivity index (χ2v) is 9.65. The van der Waals surface area contributed by atoms with Crippen molar-refractivity contribution in [2.45, 2.75) is 37.8 Å². The number of amides is 2. The fourth-order valence-corrected chi connectivity index (χ4v) is 4.61. The number of rotatable bonds is 10. The summed E-state index contributed by atoms with van der Waals surface area (Å²) < 4.78 is 20.0. The minimum Gasteiger partial charge on any atom is -0.491 e. The first-order valence-corrected chi connectivity index (χ1v) is 12.4. The number of piperidine rings is 1. The number of hydrogen-bond acceptors (Lipinski definition) is 4. The Morgan fingerprint density at radius 3 is 2.46 bits per heavy atom. The molecule has 2 unspecified atom stereocenters. The van der Waals surface area contributed by atoms with Crippen LogP contribution in [0.15, 0.2) is 48.5 Å². The lowest BCUT2D eigenvalue weighted by Crippen LogP contribution is -2.42. The molecule has 0 aromatic heterocycles. The van der Waals surface area contributed by atoms with E-state index >= 15 is 0 Å². The van der Waals surface area contributed by atoms with E-state index in [1.807, 2.05) is 35.2 Å². The van der Waals surface area contributed by atoms with Gasteiger partial charge in [-0.05, 0) is 55.4 Å². The number of nitrogens with zero attached hydrogens (tertiary/aromatic N) is 2. The molecule has 0 spiro atoms. The lowest BCUT2D eigenvalue weighted by atomic mass is 9.90. The van der Waals surface area contributed by atoms with Crippen LogP contribution in [0.3, 0.4) is 0 Å². The van der Waals surface area contributed by atoms with E-state index < -0.39 is 12.1 Å². The van der Waals surface area contributed by atoms with Crippen molar-refractivity contribution < 1.29 is 23.8 Å². The number of carbonyl (C=O) groups is 2. The summed E-state index contributed by atoms with van der Waals surface area (Å²) >= 11 is 6.18. The fraction of sp³-hybridized carbons (Fsp3) is 0.481. The monoisotopic (exact) mass is 504 g/mol. The Kier molecular flexibility index (Phi) is 9.93. The van der Waals surface area contributed by atoms with Crippen LogP contribution in [0.1, 0.15) is 47.5 Å². The summed E-state index contributed by atoms with van der Waals surface area (Å²) in [6.45, 7) is 0.948. The third-order valence-electron chi connectivity index (χ3n) is 6.50. The Labute approximate surface area is 211 Å². The number of carbonyl (C=O) groups excluding carboxylic acids is 2. The summed E-state index contributed by atoms with van der Waals surface area (Å²) in [5, 5.41) is 10.0. The maximum atomic E-state index is 14.5. The molecule has 2 amide bonds. The van der Waals surface area contributed by atoms with Gasteiger partial charge >= 0.3 is 0 Å². The van der Waals surface area contributed by atoms with Gasteiger partial charge in [-0.2, -0.15) is 0 Å². The van der Waals surface area contributed by atoms with Crippen molar-refractivity contribution in [2.75, 3.05) is 40.4 Å². The molecule has 0 radical (unpaired) electrons. The summed E-state index contributed by atoms with van der Waals surface area (Å²) in [6, 6.07) is 14.1. The van der Waals surface area contributed by atoms with Crippen LogP contribution in [-0.2, 0) is 4.79 Å². The second-order valence-electron chi connectivity index (χ2n) is 9.24. The lowest BCUT2D eigenvalue weighted by Gasteiger charge is -2.34. The molecule has 3 rings (SSSR count). The molecule has 35 heavy (non-hydrogen) atoms. The van der Waals surface area contributed by atoms with Gasteiger partial charge in [-0.3, -0.25) is 9.59 Å². The predicted molar refractivity (Wildman–Crippen MR) is 135 cm³/mol. The molecule has 1 aliphatic rings. The highest BCUT2D eigenvalue weighted by Gasteiger charge is 2.29. The van der Waals surface area contributed by atoms with Crippen LogP contribution < -0.4 is 4.74 Å². The van der Waals surface area contributed by atoms with Gasteiger partial charge in [0, 0.05) is 27.2 Å². The first kappa shape index (κ1) is 27.0. The Bertz CT molecular complexity index is 980. The smallest absolute Gasteiger partial charge is 0.254 e. The van der Waals surface area contributed by atoms with E-state index in [9.17, 15) is 19.1 Å².